The molecule has 22 heavy (non-hydrogen) atoms. The van der Waals surface area contributed by atoms with Crippen LogP contribution >= 0.6 is 0 Å². The van der Waals surface area contributed by atoms with Crippen LogP contribution in [0.25, 0.3) is 0 Å². The fourth-order valence-electron chi connectivity index (χ4n) is 4.85. The Morgan fingerprint density at radius 1 is 1.18 bits per heavy atom. The first kappa shape index (κ1) is 12.6. The topological polar surface area (TPSA) is 38.8 Å². The molecular formula is C18H19NO3. The van der Waals surface area contributed by atoms with E-state index in [1.165, 1.54) is 5.56 Å². The summed E-state index contributed by atoms with van der Waals surface area (Å²) in [5, 5.41) is 0. The fraction of sp³-hybridized carbons (Fsp3) is 0.500. The van der Waals surface area contributed by atoms with Gasteiger partial charge in [0.1, 0.15) is 0 Å². The van der Waals surface area contributed by atoms with Crippen molar-refractivity contribution in [3.05, 3.63) is 35.4 Å². The lowest BCUT2D eigenvalue weighted by atomic mass is 9.71. The molecule has 3 heterocycles. The Kier molecular flexibility index (Phi) is 2.44. The van der Waals surface area contributed by atoms with E-state index in [4.69, 9.17) is 9.47 Å². The maximum atomic E-state index is 12.8. The van der Waals surface area contributed by atoms with Gasteiger partial charge in [0.05, 0.1) is 12.0 Å². The molecule has 0 saturated carbocycles. The second kappa shape index (κ2) is 4.28. The highest BCUT2D eigenvalue weighted by Crippen LogP contribution is 2.52. The Morgan fingerprint density at radius 3 is 2.95 bits per heavy atom. The van der Waals surface area contributed by atoms with Crippen molar-refractivity contribution in [2.75, 3.05) is 13.3 Å². The Balaban J connectivity index is 1.74. The summed E-state index contributed by atoms with van der Waals surface area (Å²) in [6.07, 6.45) is 9.46. The van der Waals surface area contributed by atoms with Gasteiger partial charge in [0.15, 0.2) is 11.5 Å². The standard InChI is InChI=1S/C18H19NO3/c20-17-9-12-8-15-16(22-11-21-15)10-13(12)14-4-1-2-5-18(14)6-3-7-19(17)18/h1,4,8,10,14H,2-3,5-7,9,11H2/t14?,18-/m1/s1. The first-order valence-corrected chi connectivity index (χ1v) is 8.17. The largest absolute Gasteiger partial charge is 0.454 e. The summed E-state index contributed by atoms with van der Waals surface area (Å²) < 4.78 is 11.1. The molecule has 2 atom stereocenters. The van der Waals surface area contributed by atoms with E-state index in [1.54, 1.807) is 0 Å². The van der Waals surface area contributed by atoms with Crippen LogP contribution < -0.4 is 9.47 Å². The molecule has 1 saturated heterocycles. The van der Waals surface area contributed by atoms with Gasteiger partial charge in [-0.05, 0) is 48.9 Å². The summed E-state index contributed by atoms with van der Waals surface area (Å²) in [4.78, 5) is 15.0. The third kappa shape index (κ3) is 1.50. The van der Waals surface area contributed by atoms with Crippen molar-refractivity contribution in [1.82, 2.24) is 4.90 Å². The molecule has 1 aromatic carbocycles. The Morgan fingerprint density at radius 2 is 2.05 bits per heavy atom. The third-order valence-electron chi connectivity index (χ3n) is 5.79. The van der Waals surface area contributed by atoms with E-state index in [0.29, 0.717) is 12.3 Å². The average Bonchev–Trinajstić information content (AvgIpc) is 3.12. The second-order valence-corrected chi connectivity index (χ2v) is 6.78. The third-order valence-corrected chi connectivity index (χ3v) is 5.79. The van der Waals surface area contributed by atoms with Gasteiger partial charge in [-0.3, -0.25) is 4.79 Å². The fourth-order valence-corrected chi connectivity index (χ4v) is 4.85. The first-order valence-electron chi connectivity index (χ1n) is 8.17. The molecule has 114 valence electrons. The van der Waals surface area contributed by atoms with E-state index in [9.17, 15) is 4.79 Å². The van der Waals surface area contributed by atoms with Crippen molar-refractivity contribution >= 4 is 5.91 Å². The molecule has 4 nitrogen and oxygen atoms in total. The van der Waals surface area contributed by atoms with Crippen molar-refractivity contribution in [3.8, 4) is 11.5 Å². The van der Waals surface area contributed by atoms with Gasteiger partial charge >= 0.3 is 0 Å². The molecule has 1 amide bonds. The number of carbonyl (C=O) groups is 1. The van der Waals surface area contributed by atoms with Crippen LogP contribution in [0.4, 0.5) is 0 Å². The number of benzene rings is 1. The van der Waals surface area contributed by atoms with Gasteiger partial charge in [-0.2, -0.15) is 0 Å². The molecule has 0 aromatic heterocycles. The molecule has 1 unspecified atom stereocenters. The van der Waals surface area contributed by atoms with Crippen LogP contribution in [0.5, 0.6) is 11.5 Å². The lowest BCUT2D eigenvalue weighted by Gasteiger charge is -2.44. The molecule has 0 radical (unpaired) electrons. The molecule has 4 aliphatic rings. The smallest absolute Gasteiger partial charge is 0.231 e. The van der Waals surface area contributed by atoms with E-state index < -0.39 is 0 Å². The van der Waals surface area contributed by atoms with E-state index in [-0.39, 0.29) is 18.2 Å². The zero-order valence-electron chi connectivity index (χ0n) is 12.5. The van der Waals surface area contributed by atoms with E-state index >= 15 is 0 Å². The molecule has 3 aliphatic heterocycles. The quantitative estimate of drug-likeness (QED) is 0.691. The SMILES string of the molecule is O=C1Cc2cc3c(cc2C2C=CCC[C@@]24CCCN14)OCO3. The van der Waals surface area contributed by atoms with Crippen molar-refractivity contribution in [2.45, 2.75) is 43.6 Å². The first-order chi connectivity index (χ1) is 10.8. The van der Waals surface area contributed by atoms with Crippen LogP contribution in [-0.4, -0.2) is 29.7 Å². The summed E-state index contributed by atoms with van der Waals surface area (Å²) in [6, 6.07) is 4.14. The number of nitrogens with zero attached hydrogens (tertiary/aromatic N) is 1. The van der Waals surface area contributed by atoms with E-state index in [2.05, 4.69) is 23.1 Å². The van der Waals surface area contributed by atoms with Gasteiger partial charge < -0.3 is 14.4 Å². The highest BCUT2D eigenvalue weighted by atomic mass is 16.7. The molecule has 4 heteroatoms. The summed E-state index contributed by atoms with van der Waals surface area (Å²) in [6.45, 7) is 1.19. The van der Waals surface area contributed by atoms with E-state index in [0.717, 1.165) is 49.3 Å². The minimum atomic E-state index is -0.00915. The molecule has 5 rings (SSSR count). The summed E-state index contributed by atoms with van der Waals surface area (Å²) >= 11 is 0. The molecule has 1 aromatic rings. The van der Waals surface area contributed by atoms with Crippen LogP contribution in [0.1, 0.15) is 42.7 Å². The maximum absolute atomic E-state index is 12.8. The van der Waals surface area contributed by atoms with Crippen molar-refractivity contribution in [2.24, 2.45) is 0 Å². The minimum Gasteiger partial charge on any atom is -0.454 e. The van der Waals surface area contributed by atoms with Gasteiger partial charge in [0.2, 0.25) is 12.7 Å². The summed E-state index contributed by atoms with van der Waals surface area (Å²) in [5.41, 5.74) is 2.36. The van der Waals surface area contributed by atoms with Gasteiger partial charge in [0, 0.05) is 12.5 Å². The number of hydrogen-bond acceptors (Lipinski definition) is 3. The predicted molar refractivity (Wildman–Crippen MR) is 81.1 cm³/mol. The minimum absolute atomic E-state index is 0.00915. The highest BCUT2D eigenvalue weighted by Gasteiger charge is 2.51. The molecule has 0 bridgehead atoms. The van der Waals surface area contributed by atoms with Crippen molar-refractivity contribution < 1.29 is 14.3 Å². The monoisotopic (exact) mass is 297 g/mol. The number of rotatable bonds is 0. The van der Waals surface area contributed by atoms with Crippen LogP contribution in [0.15, 0.2) is 24.3 Å². The number of allylic oxidation sites excluding steroid dienone is 1. The molecule has 1 spiro atoms. The van der Waals surface area contributed by atoms with Crippen LogP contribution in [0.2, 0.25) is 0 Å². The Hall–Kier alpha value is -1.97. The molecule has 0 N–H and O–H groups in total. The van der Waals surface area contributed by atoms with E-state index in [1.807, 2.05) is 6.07 Å². The summed E-state index contributed by atoms with van der Waals surface area (Å²) in [5.74, 6) is 2.17. The Bertz CT molecular complexity index is 696. The summed E-state index contributed by atoms with van der Waals surface area (Å²) in [7, 11) is 0. The van der Waals surface area contributed by atoms with Crippen molar-refractivity contribution in [1.29, 1.82) is 0 Å². The zero-order chi connectivity index (χ0) is 14.7. The second-order valence-electron chi connectivity index (χ2n) is 6.78. The number of ether oxygens (including phenoxy) is 2. The average molecular weight is 297 g/mol. The molecule has 1 fully saturated rings. The van der Waals surface area contributed by atoms with Crippen molar-refractivity contribution in [3.63, 3.8) is 0 Å². The van der Waals surface area contributed by atoms with Crippen LogP contribution in [0.3, 0.4) is 0 Å². The van der Waals surface area contributed by atoms with Crippen LogP contribution in [-0.2, 0) is 11.2 Å². The van der Waals surface area contributed by atoms with Gasteiger partial charge in [-0.15, -0.1) is 0 Å². The lowest BCUT2D eigenvalue weighted by molar-refractivity contribution is -0.134. The highest BCUT2D eigenvalue weighted by molar-refractivity contribution is 5.82. The van der Waals surface area contributed by atoms with Gasteiger partial charge in [-0.25, -0.2) is 0 Å². The zero-order valence-corrected chi connectivity index (χ0v) is 12.5. The number of hydrogen-bond donors (Lipinski definition) is 0. The van der Waals surface area contributed by atoms with Gasteiger partial charge in [-0.1, -0.05) is 12.2 Å². The maximum Gasteiger partial charge on any atom is 0.231 e. The Labute approximate surface area is 129 Å². The normalized spacial score (nSPS) is 31.5. The van der Waals surface area contributed by atoms with Gasteiger partial charge in [0.25, 0.3) is 0 Å². The predicted octanol–water partition coefficient (Wildman–Crippen LogP) is 2.77. The van der Waals surface area contributed by atoms with Crippen LogP contribution in [0, 0.1) is 0 Å². The lowest BCUT2D eigenvalue weighted by Crippen LogP contribution is -2.50. The number of fused-ring (bicyclic) bond motifs is 3. The molecular weight excluding hydrogens is 278 g/mol. The number of carbonyl (C=O) groups excluding carboxylic acids is 1. The molecule has 1 aliphatic carbocycles. The number of amides is 1.